The van der Waals surface area contributed by atoms with Crippen LogP contribution in [0.5, 0.6) is 0 Å². The van der Waals surface area contributed by atoms with E-state index in [1.54, 1.807) is 6.20 Å². The molecule has 0 spiro atoms. The third-order valence-electron chi connectivity index (χ3n) is 2.37. The fraction of sp³-hybridized carbons (Fsp3) is 0.300. The van der Waals surface area contributed by atoms with Crippen LogP contribution in [0.1, 0.15) is 23.2 Å². The van der Waals surface area contributed by atoms with Gasteiger partial charge < -0.3 is 9.67 Å². The molecule has 6 nitrogen and oxygen atoms in total. The van der Waals surface area contributed by atoms with Crippen molar-refractivity contribution in [2.45, 2.75) is 20.0 Å². The van der Waals surface area contributed by atoms with Gasteiger partial charge in [0.2, 0.25) is 0 Å². The number of aromatic carboxylic acids is 1. The molecule has 0 fully saturated rings. The van der Waals surface area contributed by atoms with Crippen LogP contribution in [0.2, 0.25) is 0 Å². The maximum absolute atomic E-state index is 10.9. The van der Waals surface area contributed by atoms with E-state index < -0.39 is 5.97 Å². The third kappa shape index (κ3) is 1.81. The molecule has 2 rings (SSSR count). The van der Waals surface area contributed by atoms with Crippen LogP contribution in [0, 0.1) is 0 Å². The topological polar surface area (TPSA) is 72.9 Å². The molecule has 0 bridgehead atoms. The second-order valence-corrected chi connectivity index (χ2v) is 3.31. The Hall–Kier alpha value is -2.11. The zero-order chi connectivity index (χ0) is 11.5. The van der Waals surface area contributed by atoms with Crippen LogP contribution in [0.3, 0.4) is 0 Å². The summed E-state index contributed by atoms with van der Waals surface area (Å²) in [5, 5.41) is 12.9. The zero-order valence-electron chi connectivity index (χ0n) is 8.87. The number of carbonyl (C=O) groups is 1. The minimum Gasteiger partial charge on any atom is -0.477 e. The number of nitrogens with zero attached hydrogens (tertiary/aromatic N) is 4. The summed E-state index contributed by atoms with van der Waals surface area (Å²) in [5.74, 6) is -0.180. The number of carboxylic acid groups (broad SMARTS) is 1. The molecular weight excluding hydrogens is 208 g/mol. The molecule has 0 atom stereocenters. The van der Waals surface area contributed by atoms with Gasteiger partial charge in [-0.1, -0.05) is 0 Å². The fourth-order valence-electron chi connectivity index (χ4n) is 1.55. The highest BCUT2D eigenvalue weighted by Gasteiger charge is 2.12. The van der Waals surface area contributed by atoms with Crippen molar-refractivity contribution in [2.75, 3.05) is 0 Å². The Kier molecular flexibility index (Phi) is 2.72. The monoisotopic (exact) mass is 220 g/mol. The molecule has 0 radical (unpaired) electrons. The summed E-state index contributed by atoms with van der Waals surface area (Å²) >= 11 is 0. The van der Waals surface area contributed by atoms with E-state index in [9.17, 15) is 4.79 Å². The smallest absolute Gasteiger partial charge is 0.354 e. The van der Waals surface area contributed by atoms with E-state index in [4.69, 9.17) is 5.11 Å². The lowest BCUT2D eigenvalue weighted by Gasteiger charge is -2.06. The number of carboxylic acids is 1. The lowest BCUT2D eigenvalue weighted by Crippen LogP contribution is -2.14. The summed E-state index contributed by atoms with van der Waals surface area (Å²) < 4.78 is 3.38. The van der Waals surface area contributed by atoms with E-state index >= 15 is 0 Å². The minimum absolute atomic E-state index is 0.172. The normalized spacial score (nSPS) is 10.6. The molecule has 0 unspecified atom stereocenters. The second-order valence-electron chi connectivity index (χ2n) is 3.31. The van der Waals surface area contributed by atoms with E-state index in [-0.39, 0.29) is 5.69 Å². The number of hydrogen-bond donors (Lipinski definition) is 1. The maximum Gasteiger partial charge on any atom is 0.354 e. The Labute approximate surface area is 92.2 Å². The van der Waals surface area contributed by atoms with Gasteiger partial charge in [-0.25, -0.2) is 9.78 Å². The first kappa shape index (κ1) is 10.4. The van der Waals surface area contributed by atoms with Gasteiger partial charge in [-0.3, -0.25) is 4.68 Å². The fourth-order valence-corrected chi connectivity index (χ4v) is 1.55. The molecule has 2 heterocycles. The van der Waals surface area contributed by atoms with Gasteiger partial charge in [-0.2, -0.15) is 5.10 Å². The Balaban J connectivity index is 2.27. The van der Waals surface area contributed by atoms with Gasteiger partial charge in [-0.05, 0) is 13.0 Å². The Morgan fingerprint density at radius 2 is 2.31 bits per heavy atom. The lowest BCUT2D eigenvalue weighted by molar-refractivity contribution is 0.0684. The van der Waals surface area contributed by atoms with Crippen LogP contribution in [0.25, 0.3) is 0 Å². The molecule has 0 aliphatic heterocycles. The maximum atomic E-state index is 10.9. The second kappa shape index (κ2) is 4.18. The minimum atomic E-state index is -0.980. The molecule has 0 aliphatic carbocycles. The van der Waals surface area contributed by atoms with Crippen LogP contribution in [0.4, 0.5) is 0 Å². The van der Waals surface area contributed by atoms with E-state index in [1.807, 2.05) is 17.7 Å². The predicted molar refractivity (Wildman–Crippen MR) is 56.2 cm³/mol. The summed E-state index contributed by atoms with van der Waals surface area (Å²) in [4.78, 5) is 15.0. The number of rotatable bonds is 4. The molecule has 0 saturated heterocycles. The summed E-state index contributed by atoms with van der Waals surface area (Å²) in [6, 6.07) is 1.47. The van der Waals surface area contributed by atoms with Crippen molar-refractivity contribution in [1.82, 2.24) is 19.3 Å². The van der Waals surface area contributed by atoms with E-state index in [0.717, 1.165) is 12.4 Å². The first-order valence-corrected chi connectivity index (χ1v) is 4.97. The first-order chi connectivity index (χ1) is 7.72. The molecule has 0 aliphatic rings. The van der Waals surface area contributed by atoms with E-state index in [1.165, 1.54) is 16.9 Å². The van der Waals surface area contributed by atoms with Crippen LogP contribution in [-0.2, 0) is 13.1 Å². The predicted octanol–water partition coefficient (Wildman–Crippen LogP) is 0.846. The number of aromatic nitrogens is 4. The van der Waals surface area contributed by atoms with Gasteiger partial charge in [0.15, 0.2) is 0 Å². The Bertz CT molecular complexity index is 500. The van der Waals surface area contributed by atoms with Gasteiger partial charge >= 0.3 is 5.97 Å². The summed E-state index contributed by atoms with van der Waals surface area (Å²) in [6.07, 6.45) is 5.03. The average molecular weight is 220 g/mol. The van der Waals surface area contributed by atoms with Crippen LogP contribution in [-0.4, -0.2) is 30.4 Å². The highest BCUT2D eigenvalue weighted by Crippen LogP contribution is 2.04. The first-order valence-electron chi connectivity index (χ1n) is 4.97. The van der Waals surface area contributed by atoms with Crippen molar-refractivity contribution in [1.29, 1.82) is 0 Å². The van der Waals surface area contributed by atoms with Crippen molar-refractivity contribution >= 4 is 5.97 Å². The van der Waals surface area contributed by atoms with E-state index in [2.05, 4.69) is 10.1 Å². The molecule has 1 N–H and O–H groups in total. The highest BCUT2D eigenvalue weighted by molar-refractivity contribution is 5.85. The van der Waals surface area contributed by atoms with Gasteiger partial charge in [0.25, 0.3) is 0 Å². The van der Waals surface area contributed by atoms with Crippen LogP contribution in [0.15, 0.2) is 24.7 Å². The molecule has 84 valence electrons. The summed E-state index contributed by atoms with van der Waals surface area (Å²) in [5.41, 5.74) is 0.172. The van der Waals surface area contributed by atoms with Crippen LogP contribution < -0.4 is 0 Å². The summed E-state index contributed by atoms with van der Waals surface area (Å²) in [6.45, 7) is 3.18. The molecule has 6 heteroatoms. The molecule has 16 heavy (non-hydrogen) atoms. The molecular formula is C10H12N4O2. The number of hydrogen-bond acceptors (Lipinski definition) is 3. The highest BCUT2D eigenvalue weighted by atomic mass is 16.4. The van der Waals surface area contributed by atoms with Crippen molar-refractivity contribution < 1.29 is 9.90 Å². The van der Waals surface area contributed by atoms with Crippen molar-refractivity contribution in [3.63, 3.8) is 0 Å². The molecule has 2 aromatic rings. The largest absolute Gasteiger partial charge is 0.477 e. The molecule has 2 aromatic heterocycles. The van der Waals surface area contributed by atoms with Crippen molar-refractivity contribution in [2.24, 2.45) is 0 Å². The zero-order valence-corrected chi connectivity index (χ0v) is 8.87. The third-order valence-corrected chi connectivity index (χ3v) is 2.37. The van der Waals surface area contributed by atoms with Crippen LogP contribution >= 0.6 is 0 Å². The lowest BCUT2D eigenvalue weighted by atomic mass is 10.4. The molecule has 0 amide bonds. The molecule has 0 aromatic carbocycles. The van der Waals surface area contributed by atoms with Crippen molar-refractivity contribution in [3.8, 4) is 0 Å². The quantitative estimate of drug-likeness (QED) is 0.828. The van der Waals surface area contributed by atoms with Crippen molar-refractivity contribution in [3.05, 3.63) is 36.2 Å². The average Bonchev–Trinajstić information content (AvgIpc) is 2.86. The van der Waals surface area contributed by atoms with Gasteiger partial charge in [-0.15, -0.1) is 0 Å². The Morgan fingerprint density at radius 3 is 3.00 bits per heavy atom. The molecule has 0 saturated carbocycles. The van der Waals surface area contributed by atoms with E-state index in [0.29, 0.717) is 6.54 Å². The number of imidazole rings is 1. The number of aryl methyl sites for hydroxylation is 1. The van der Waals surface area contributed by atoms with Gasteiger partial charge in [0, 0.05) is 25.1 Å². The standard InChI is InChI=1S/C10H12N4O2/c1-2-13-6-5-11-9(13)7-14-8(10(15)16)3-4-12-14/h3-6H,2,7H2,1H3,(H,15,16). The van der Waals surface area contributed by atoms with Gasteiger partial charge in [0.1, 0.15) is 18.1 Å². The SMILES string of the molecule is CCn1ccnc1Cn1nccc1C(=O)O. The van der Waals surface area contributed by atoms with Gasteiger partial charge in [0.05, 0.1) is 0 Å². The summed E-state index contributed by atoms with van der Waals surface area (Å²) in [7, 11) is 0. The Morgan fingerprint density at radius 1 is 1.50 bits per heavy atom.